The van der Waals surface area contributed by atoms with Crippen molar-refractivity contribution in [2.45, 2.75) is 75.5 Å². The Morgan fingerprint density at radius 3 is 2.55 bits per heavy atom. The van der Waals surface area contributed by atoms with Crippen LogP contribution >= 0.6 is 0 Å². The molecule has 1 aliphatic carbocycles. The van der Waals surface area contributed by atoms with Crippen LogP contribution in [0.5, 0.6) is 0 Å². The highest BCUT2D eigenvalue weighted by atomic mass is 16.7. The number of rotatable bonds is 3. The monoisotopic (exact) mass is 420 g/mol. The highest BCUT2D eigenvalue weighted by Gasteiger charge is 2.51. The number of benzene rings is 2. The van der Waals surface area contributed by atoms with Crippen molar-refractivity contribution in [2.24, 2.45) is 0 Å². The molecule has 2 aromatic rings. The van der Waals surface area contributed by atoms with Gasteiger partial charge >= 0.3 is 6.09 Å². The molecule has 2 aliphatic heterocycles. The lowest BCUT2D eigenvalue weighted by molar-refractivity contribution is -0.240. The van der Waals surface area contributed by atoms with Gasteiger partial charge in [0, 0.05) is 17.6 Å². The van der Waals surface area contributed by atoms with E-state index in [9.17, 15) is 4.79 Å². The molecule has 164 valence electrons. The van der Waals surface area contributed by atoms with E-state index in [0.717, 1.165) is 18.5 Å². The zero-order valence-corrected chi connectivity index (χ0v) is 18.3. The van der Waals surface area contributed by atoms with Gasteiger partial charge in [0.2, 0.25) is 0 Å². The van der Waals surface area contributed by atoms with E-state index in [1.165, 1.54) is 43.2 Å². The van der Waals surface area contributed by atoms with Crippen molar-refractivity contribution in [3.05, 3.63) is 65.7 Å². The fourth-order valence-electron chi connectivity index (χ4n) is 5.93. The number of hydrogen-bond acceptors (Lipinski definition) is 4. The van der Waals surface area contributed by atoms with Gasteiger partial charge in [0.25, 0.3) is 0 Å². The van der Waals surface area contributed by atoms with E-state index in [2.05, 4.69) is 41.6 Å². The van der Waals surface area contributed by atoms with E-state index in [4.69, 9.17) is 9.57 Å². The summed E-state index contributed by atoms with van der Waals surface area (Å²) in [5, 5.41) is 5.12. The molecule has 2 heterocycles. The van der Waals surface area contributed by atoms with E-state index in [1.54, 1.807) is 0 Å². The molecule has 1 saturated heterocycles. The molecule has 3 aliphatic rings. The third-order valence-corrected chi connectivity index (χ3v) is 7.28. The van der Waals surface area contributed by atoms with Gasteiger partial charge in [0.1, 0.15) is 12.7 Å². The molecule has 5 rings (SSSR count). The lowest BCUT2D eigenvalue weighted by Gasteiger charge is -2.45. The maximum Gasteiger partial charge on any atom is 0.411 e. The van der Waals surface area contributed by atoms with Crippen LogP contribution in [-0.4, -0.2) is 29.4 Å². The fraction of sp³-hybridized carbons (Fsp3) is 0.500. The number of fused-ring (bicyclic) bond motifs is 4. The number of nitrogens with zero attached hydrogens (tertiary/aromatic N) is 1. The normalized spacial score (nSPS) is 27.2. The number of anilines is 1. The lowest BCUT2D eigenvalue weighted by atomic mass is 9.75. The zero-order chi connectivity index (χ0) is 21.3. The molecule has 2 aromatic carbocycles. The zero-order valence-electron chi connectivity index (χ0n) is 18.3. The minimum absolute atomic E-state index is 0.0857. The Labute approximate surface area is 184 Å². The second-order valence-electron chi connectivity index (χ2n) is 9.41. The number of hydrogen-bond donors (Lipinski definition) is 1. The lowest BCUT2D eigenvalue weighted by Crippen LogP contribution is -2.49. The standard InChI is InChI=1S/C26H32N2O3/c1-19-17-26(14-8-3-9-15-26)28-24(23-13-7-6-12-22(19)23)16-21(31-28)18-30-25(29)27-20-10-4-2-5-11-20/h2,4-7,10-13,19,21,24H,3,8-9,14-18H2,1H3,(H,27,29). The van der Waals surface area contributed by atoms with Crippen LogP contribution in [0.1, 0.15) is 75.0 Å². The third-order valence-electron chi connectivity index (χ3n) is 7.28. The quantitative estimate of drug-likeness (QED) is 0.643. The molecule has 1 saturated carbocycles. The minimum atomic E-state index is -0.432. The molecule has 1 spiro atoms. The van der Waals surface area contributed by atoms with Gasteiger partial charge in [-0.25, -0.2) is 4.79 Å². The first-order valence-electron chi connectivity index (χ1n) is 11.7. The van der Waals surface area contributed by atoms with Crippen molar-refractivity contribution in [3.63, 3.8) is 0 Å². The summed E-state index contributed by atoms with van der Waals surface area (Å²) in [5.41, 5.74) is 3.65. The largest absolute Gasteiger partial charge is 0.446 e. The summed E-state index contributed by atoms with van der Waals surface area (Å²) in [4.78, 5) is 18.8. The summed E-state index contributed by atoms with van der Waals surface area (Å²) < 4.78 is 5.55. The molecule has 0 aromatic heterocycles. The number of hydroxylamine groups is 2. The van der Waals surface area contributed by atoms with Crippen LogP contribution < -0.4 is 5.32 Å². The van der Waals surface area contributed by atoms with Gasteiger partial charge in [-0.05, 0) is 48.4 Å². The van der Waals surface area contributed by atoms with Gasteiger partial charge in [-0.3, -0.25) is 10.2 Å². The number of nitrogens with one attached hydrogen (secondary N) is 1. The predicted molar refractivity (Wildman–Crippen MR) is 121 cm³/mol. The molecule has 31 heavy (non-hydrogen) atoms. The highest BCUT2D eigenvalue weighted by Crippen LogP contribution is 2.52. The second-order valence-corrected chi connectivity index (χ2v) is 9.41. The van der Waals surface area contributed by atoms with Crippen molar-refractivity contribution < 1.29 is 14.4 Å². The summed E-state index contributed by atoms with van der Waals surface area (Å²) in [6.45, 7) is 2.63. The molecule has 3 unspecified atom stereocenters. The van der Waals surface area contributed by atoms with Crippen LogP contribution in [0.25, 0.3) is 0 Å². The average Bonchev–Trinajstić information content (AvgIpc) is 3.21. The molecular weight excluding hydrogens is 388 g/mol. The smallest absolute Gasteiger partial charge is 0.411 e. The number of para-hydroxylation sites is 1. The Morgan fingerprint density at radius 1 is 1.06 bits per heavy atom. The Morgan fingerprint density at radius 2 is 1.77 bits per heavy atom. The van der Waals surface area contributed by atoms with E-state index in [1.807, 2.05) is 30.3 Å². The molecule has 3 atom stereocenters. The van der Waals surface area contributed by atoms with Crippen molar-refractivity contribution in [3.8, 4) is 0 Å². The maximum absolute atomic E-state index is 12.3. The fourth-order valence-corrected chi connectivity index (χ4v) is 5.93. The Balaban J connectivity index is 1.33. The van der Waals surface area contributed by atoms with Crippen LogP contribution in [-0.2, 0) is 9.57 Å². The number of amides is 1. The Hall–Kier alpha value is -2.37. The third kappa shape index (κ3) is 4.09. The van der Waals surface area contributed by atoms with Crippen molar-refractivity contribution >= 4 is 11.8 Å². The first-order valence-corrected chi connectivity index (χ1v) is 11.7. The topological polar surface area (TPSA) is 50.8 Å². The molecule has 1 amide bonds. The molecule has 0 radical (unpaired) electrons. The van der Waals surface area contributed by atoms with Gasteiger partial charge in [0.05, 0.1) is 6.04 Å². The van der Waals surface area contributed by atoms with Gasteiger partial charge in [-0.2, -0.15) is 5.06 Å². The predicted octanol–water partition coefficient (Wildman–Crippen LogP) is 6.19. The molecule has 1 N–H and O–H groups in total. The molecule has 5 nitrogen and oxygen atoms in total. The second kappa shape index (κ2) is 8.64. The summed E-state index contributed by atoms with van der Waals surface area (Å²) in [7, 11) is 0. The first-order chi connectivity index (χ1) is 15.1. The average molecular weight is 421 g/mol. The van der Waals surface area contributed by atoms with Crippen LogP contribution in [0, 0.1) is 0 Å². The number of carbonyl (C=O) groups excluding carboxylic acids is 1. The van der Waals surface area contributed by atoms with Gasteiger partial charge < -0.3 is 4.74 Å². The summed E-state index contributed by atoms with van der Waals surface area (Å²) >= 11 is 0. The SMILES string of the molecule is CC1CC2(CCCCC2)N2OC(COC(=O)Nc3ccccc3)CC2c2ccccc21. The summed E-state index contributed by atoms with van der Waals surface area (Å²) in [6.07, 6.45) is 7.63. The van der Waals surface area contributed by atoms with Gasteiger partial charge in [-0.15, -0.1) is 0 Å². The van der Waals surface area contributed by atoms with Crippen LogP contribution in [0.15, 0.2) is 54.6 Å². The van der Waals surface area contributed by atoms with Gasteiger partial charge in [0.15, 0.2) is 0 Å². The minimum Gasteiger partial charge on any atom is -0.446 e. The van der Waals surface area contributed by atoms with Crippen molar-refractivity contribution in [1.82, 2.24) is 5.06 Å². The first kappa shape index (κ1) is 20.5. The van der Waals surface area contributed by atoms with E-state index >= 15 is 0 Å². The number of carbonyl (C=O) groups is 1. The summed E-state index contributed by atoms with van der Waals surface area (Å²) in [5.74, 6) is 0.523. The van der Waals surface area contributed by atoms with Crippen molar-refractivity contribution in [1.29, 1.82) is 0 Å². The van der Waals surface area contributed by atoms with Crippen LogP contribution in [0.4, 0.5) is 10.5 Å². The van der Waals surface area contributed by atoms with E-state index < -0.39 is 6.09 Å². The summed E-state index contributed by atoms with van der Waals surface area (Å²) in [6, 6.07) is 18.5. The van der Waals surface area contributed by atoms with E-state index in [0.29, 0.717) is 5.92 Å². The molecule has 5 heteroatoms. The maximum atomic E-state index is 12.3. The Kier molecular flexibility index (Phi) is 5.72. The van der Waals surface area contributed by atoms with E-state index in [-0.39, 0.29) is 24.3 Å². The molecule has 0 bridgehead atoms. The molecular formula is C26H32N2O3. The molecule has 2 fully saturated rings. The highest BCUT2D eigenvalue weighted by molar-refractivity contribution is 5.84. The van der Waals surface area contributed by atoms with Gasteiger partial charge in [-0.1, -0.05) is 68.7 Å². The number of ether oxygens (including phenoxy) is 1. The van der Waals surface area contributed by atoms with Crippen LogP contribution in [0.2, 0.25) is 0 Å². The van der Waals surface area contributed by atoms with Crippen LogP contribution in [0.3, 0.4) is 0 Å². The Bertz CT molecular complexity index is 910. The van der Waals surface area contributed by atoms with Crippen molar-refractivity contribution in [2.75, 3.05) is 11.9 Å².